The van der Waals surface area contributed by atoms with Gasteiger partial charge in [0.1, 0.15) is 11.5 Å². The first-order valence-electron chi connectivity index (χ1n) is 6.14. The molecule has 1 aromatic carbocycles. The van der Waals surface area contributed by atoms with Crippen LogP contribution in [0.1, 0.15) is 38.1 Å². The average Bonchev–Trinajstić information content (AvgIpc) is 2.31. The SMILES string of the molecule is C[C@H](C(=O)OC(C)(C)C)C(=O)c1cc(N)c(F)c(N)c1. The first-order chi connectivity index (χ1) is 9.03. The fourth-order valence-electron chi connectivity index (χ4n) is 1.56. The number of nitrogens with two attached hydrogens (primary N) is 2. The van der Waals surface area contributed by atoms with Crippen LogP contribution in [0.25, 0.3) is 0 Å². The molecule has 1 rings (SSSR count). The number of carbonyl (C=O) groups is 2. The number of halogens is 1. The van der Waals surface area contributed by atoms with Gasteiger partial charge in [0.2, 0.25) is 0 Å². The van der Waals surface area contributed by atoms with Crippen LogP contribution in [-0.4, -0.2) is 17.4 Å². The maximum atomic E-state index is 13.3. The summed E-state index contributed by atoms with van der Waals surface area (Å²) in [6, 6.07) is 2.32. The third kappa shape index (κ3) is 3.69. The molecule has 0 bridgehead atoms. The molecule has 4 N–H and O–H groups in total. The van der Waals surface area contributed by atoms with Crippen molar-refractivity contribution in [1.82, 2.24) is 0 Å². The van der Waals surface area contributed by atoms with Gasteiger partial charge >= 0.3 is 5.97 Å². The molecule has 0 unspecified atom stereocenters. The number of ether oxygens (including phenoxy) is 1. The molecule has 0 saturated carbocycles. The maximum Gasteiger partial charge on any atom is 0.317 e. The molecule has 0 fully saturated rings. The fourth-order valence-corrected chi connectivity index (χ4v) is 1.56. The molecular weight excluding hydrogens is 263 g/mol. The number of carbonyl (C=O) groups excluding carboxylic acids is 2. The normalized spacial score (nSPS) is 12.8. The van der Waals surface area contributed by atoms with Crippen molar-refractivity contribution >= 4 is 23.1 Å². The summed E-state index contributed by atoms with van der Waals surface area (Å²) in [6.45, 7) is 6.54. The van der Waals surface area contributed by atoms with Crippen LogP contribution in [0, 0.1) is 11.7 Å². The van der Waals surface area contributed by atoms with Crippen molar-refractivity contribution in [2.45, 2.75) is 33.3 Å². The molecule has 0 radical (unpaired) electrons. The lowest BCUT2D eigenvalue weighted by molar-refractivity contribution is -0.157. The van der Waals surface area contributed by atoms with Crippen LogP contribution < -0.4 is 11.5 Å². The number of esters is 1. The Morgan fingerprint density at radius 1 is 1.20 bits per heavy atom. The monoisotopic (exact) mass is 282 g/mol. The summed E-state index contributed by atoms with van der Waals surface area (Å²) in [5.41, 5.74) is 9.76. The number of hydrogen-bond donors (Lipinski definition) is 2. The van der Waals surface area contributed by atoms with Crippen LogP contribution in [0.2, 0.25) is 0 Å². The Bertz CT molecular complexity index is 527. The number of hydrogen-bond acceptors (Lipinski definition) is 5. The van der Waals surface area contributed by atoms with E-state index >= 15 is 0 Å². The molecule has 0 spiro atoms. The minimum Gasteiger partial charge on any atom is -0.459 e. The molecule has 20 heavy (non-hydrogen) atoms. The number of ketones is 1. The molecule has 0 aliphatic heterocycles. The van der Waals surface area contributed by atoms with Crippen molar-refractivity contribution in [2.24, 2.45) is 5.92 Å². The Morgan fingerprint density at radius 3 is 2.05 bits per heavy atom. The van der Waals surface area contributed by atoms with Gasteiger partial charge < -0.3 is 16.2 Å². The van der Waals surface area contributed by atoms with E-state index in [0.717, 1.165) is 12.1 Å². The molecule has 0 aliphatic carbocycles. The number of anilines is 2. The quantitative estimate of drug-likeness (QED) is 0.383. The van der Waals surface area contributed by atoms with E-state index in [1.807, 2.05) is 0 Å². The van der Waals surface area contributed by atoms with Crippen LogP contribution >= 0.6 is 0 Å². The lowest BCUT2D eigenvalue weighted by atomic mass is 9.98. The smallest absolute Gasteiger partial charge is 0.317 e. The first-order valence-corrected chi connectivity index (χ1v) is 6.14. The van der Waals surface area contributed by atoms with E-state index in [1.54, 1.807) is 20.8 Å². The minimum absolute atomic E-state index is 0.0831. The van der Waals surface area contributed by atoms with Gasteiger partial charge in [-0.25, -0.2) is 4.39 Å². The van der Waals surface area contributed by atoms with Gasteiger partial charge in [0.25, 0.3) is 0 Å². The molecule has 5 nitrogen and oxygen atoms in total. The van der Waals surface area contributed by atoms with Gasteiger partial charge in [0.15, 0.2) is 11.6 Å². The highest BCUT2D eigenvalue weighted by Gasteiger charge is 2.28. The molecule has 0 heterocycles. The Hall–Kier alpha value is -2.11. The Kier molecular flexibility index (Phi) is 4.37. The van der Waals surface area contributed by atoms with Crippen molar-refractivity contribution in [3.63, 3.8) is 0 Å². The largest absolute Gasteiger partial charge is 0.459 e. The molecule has 0 amide bonds. The summed E-state index contributed by atoms with van der Waals surface area (Å²) in [4.78, 5) is 24.0. The van der Waals surface area contributed by atoms with E-state index in [2.05, 4.69) is 0 Å². The summed E-state index contributed by atoms with van der Waals surface area (Å²) in [5, 5.41) is 0. The third-order valence-corrected chi connectivity index (χ3v) is 2.57. The van der Waals surface area contributed by atoms with Gasteiger partial charge in [-0.15, -0.1) is 0 Å². The average molecular weight is 282 g/mol. The number of rotatable bonds is 3. The molecule has 0 saturated heterocycles. The Balaban J connectivity index is 2.98. The van der Waals surface area contributed by atoms with E-state index in [0.29, 0.717) is 0 Å². The zero-order chi connectivity index (χ0) is 15.7. The van der Waals surface area contributed by atoms with Gasteiger partial charge in [-0.2, -0.15) is 0 Å². The van der Waals surface area contributed by atoms with Gasteiger partial charge in [-0.3, -0.25) is 9.59 Å². The van der Waals surface area contributed by atoms with Gasteiger partial charge in [-0.05, 0) is 39.8 Å². The molecular formula is C14H19FN2O3. The second-order valence-electron chi connectivity index (χ2n) is 5.59. The predicted octanol–water partition coefficient (Wildman–Crippen LogP) is 2.15. The van der Waals surface area contributed by atoms with E-state index in [9.17, 15) is 14.0 Å². The standard InChI is InChI=1S/C14H19FN2O3/c1-7(13(19)20-14(2,3)4)12(18)8-5-9(16)11(15)10(17)6-8/h5-7H,16-17H2,1-4H3/t7-/m0/s1. The van der Waals surface area contributed by atoms with Crippen molar-refractivity contribution in [2.75, 3.05) is 11.5 Å². The van der Waals surface area contributed by atoms with Crippen LogP contribution in [-0.2, 0) is 9.53 Å². The van der Waals surface area contributed by atoms with E-state index in [4.69, 9.17) is 16.2 Å². The lowest BCUT2D eigenvalue weighted by Gasteiger charge is -2.21. The molecule has 1 aromatic rings. The highest BCUT2D eigenvalue weighted by atomic mass is 19.1. The Labute approximate surface area is 117 Å². The topological polar surface area (TPSA) is 95.4 Å². The summed E-state index contributed by atoms with van der Waals surface area (Å²) in [5.74, 6) is -2.95. The van der Waals surface area contributed by atoms with Crippen molar-refractivity contribution in [1.29, 1.82) is 0 Å². The summed E-state index contributed by atoms with van der Waals surface area (Å²) in [7, 11) is 0. The molecule has 0 aromatic heterocycles. The summed E-state index contributed by atoms with van der Waals surface area (Å²) in [6.07, 6.45) is 0. The zero-order valence-electron chi connectivity index (χ0n) is 12.0. The van der Waals surface area contributed by atoms with Gasteiger partial charge in [0.05, 0.1) is 11.4 Å². The van der Waals surface area contributed by atoms with Gasteiger partial charge in [-0.1, -0.05) is 0 Å². The molecule has 6 heteroatoms. The van der Waals surface area contributed by atoms with Crippen molar-refractivity contribution < 1.29 is 18.7 Å². The fraction of sp³-hybridized carbons (Fsp3) is 0.429. The van der Waals surface area contributed by atoms with Crippen molar-refractivity contribution in [3.8, 4) is 0 Å². The number of benzene rings is 1. The van der Waals surface area contributed by atoms with Gasteiger partial charge in [0, 0.05) is 5.56 Å². The minimum atomic E-state index is -1.02. The highest BCUT2D eigenvalue weighted by Crippen LogP contribution is 2.23. The van der Waals surface area contributed by atoms with E-state index in [-0.39, 0.29) is 16.9 Å². The van der Waals surface area contributed by atoms with Crippen LogP contribution in [0.5, 0.6) is 0 Å². The molecule has 110 valence electrons. The Morgan fingerprint density at radius 2 is 1.65 bits per heavy atom. The number of nitrogen functional groups attached to an aromatic ring is 2. The van der Waals surface area contributed by atoms with E-state index < -0.39 is 29.1 Å². The lowest BCUT2D eigenvalue weighted by Crippen LogP contribution is -2.31. The maximum absolute atomic E-state index is 13.3. The molecule has 0 aliphatic rings. The highest BCUT2D eigenvalue weighted by molar-refractivity contribution is 6.09. The van der Waals surface area contributed by atoms with Crippen LogP contribution in [0.15, 0.2) is 12.1 Å². The van der Waals surface area contributed by atoms with E-state index in [1.165, 1.54) is 6.92 Å². The second-order valence-corrected chi connectivity index (χ2v) is 5.59. The first kappa shape index (κ1) is 15.9. The summed E-state index contributed by atoms with van der Waals surface area (Å²) >= 11 is 0. The molecule has 1 atom stereocenters. The summed E-state index contributed by atoms with van der Waals surface area (Å²) < 4.78 is 18.4. The third-order valence-electron chi connectivity index (χ3n) is 2.57. The second kappa shape index (κ2) is 5.48. The van der Waals surface area contributed by atoms with Crippen LogP contribution in [0.3, 0.4) is 0 Å². The predicted molar refractivity (Wildman–Crippen MR) is 74.6 cm³/mol. The van der Waals surface area contributed by atoms with Crippen LogP contribution in [0.4, 0.5) is 15.8 Å². The zero-order valence-corrected chi connectivity index (χ0v) is 12.0. The number of Topliss-reactive ketones (excluding diaryl/α,β-unsaturated/α-hetero) is 1. The van der Waals surface area contributed by atoms with Crippen molar-refractivity contribution in [3.05, 3.63) is 23.5 Å².